The number of ether oxygens (including phenoxy) is 2. The van der Waals surface area contributed by atoms with Gasteiger partial charge in [-0.25, -0.2) is 24.2 Å². The predicted molar refractivity (Wildman–Crippen MR) is 107 cm³/mol. The van der Waals surface area contributed by atoms with E-state index < -0.39 is 63.2 Å². The minimum atomic E-state index is -4.31. The van der Waals surface area contributed by atoms with Crippen LogP contribution in [0.3, 0.4) is 0 Å². The molecule has 0 bridgehead atoms. The van der Waals surface area contributed by atoms with Crippen molar-refractivity contribution in [1.29, 1.82) is 0 Å². The van der Waals surface area contributed by atoms with Gasteiger partial charge in [0.15, 0.2) is 0 Å². The summed E-state index contributed by atoms with van der Waals surface area (Å²) in [6.45, 7) is 4.33. The third-order valence-corrected chi connectivity index (χ3v) is 4.95. The summed E-state index contributed by atoms with van der Waals surface area (Å²) in [5.41, 5.74) is -1.22. The number of hydrogen-bond donors (Lipinski definition) is 5. The number of nitrogens with one attached hydrogen (secondary N) is 3. The summed E-state index contributed by atoms with van der Waals surface area (Å²) in [4.78, 5) is 36.3. The third kappa shape index (κ3) is 13.7. The zero-order valence-electron chi connectivity index (χ0n) is 17.6. The summed E-state index contributed by atoms with van der Waals surface area (Å²) >= 11 is 0. The van der Waals surface area contributed by atoms with Gasteiger partial charge in [0.2, 0.25) is 5.91 Å². The molecule has 15 nitrogen and oxygen atoms in total. The van der Waals surface area contributed by atoms with Crippen LogP contribution in [0.15, 0.2) is 0 Å². The van der Waals surface area contributed by atoms with E-state index in [2.05, 4.69) is 9.88 Å². The van der Waals surface area contributed by atoms with E-state index in [1.165, 1.54) is 23.5 Å². The van der Waals surface area contributed by atoms with Crippen LogP contribution in [-0.4, -0.2) is 83.4 Å². The molecule has 6 N–H and O–H groups in total. The van der Waals surface area contributed by atoms with Crippen LogP contribution in [0.25, 0.3) is 0 Å². The van der Waals surface area contributed by atoms with Crippen molar-refractivity contribution in [3.8, 4) is 0 Å². The van der Waals surface area contributed by atoms with Crippen LogP contribution in [0, 0.1) is 5.92 Å². The molecule has 0 aromatic heterocycles. The Morgan fingerprint density at radius 1 is 1.00 bits per heavy atom. The van der Waals surface area contributed by atoms with Gasteiger partial charge in [0.05, 0.1) is 25.2 Å². The molecule has 0 spiro atoms. The Morgan fingerprint density at radius 2 is 1.45 bits per heavy atom. The standard InChI is InChI=1S/C14H29N5O10S2/c1-10(2)11(21)19(5-7-28-12(22)16-30(15,24)25)6-8-29-13(23)17-31(26,27)18-14(3,4)9-20/h10,18,20H,5-9H2,1-4H3,(H,16,22)(H,17,23)(H2,15,24,25). The monoisotopic (exact) mass is 491 g/mol. The van der Waals surface area contributed by atoms with E-state index in [0.29, 0.717) is 0 Å². The molecule has 31 heavy (non-hydrogen) atoms. The maximum Gasteiger partial charge on any atom is 0.421 e. The second-order valence-electron chi connectivity index (χ2n) is 7.15. The Morgan fingerprint density at radius 3 is 1.84 bits per heavy atom. The maximum absolute atomic E-state index is 12.2. The Hall–Kier alpha value is -2.21. The molecule has 0 fully saturated rings. The number of amides is 3. The van der Waals surface area contributed by atoms with Gasteiger partial charge in [0, 0.05) is 5.92 Å². The molecular formula is C14H29N5O10S2. The fourth-order valence-corrected chi connectivity index (χ4v) is 3.31. The Balaban J connectivity index is 4.69. The molecule has 0 atom stereocenters. The second-order valence-corrected chi connectivity index (χ2v) is 9.86. The van der Waals surface area contributed by atoms with E-state index in [4.69, 9.17) is 9.84 Å². The minimum Gasteiger partial charge on any atom is -0.447 e. The maximum atomic E-state index is 12.2. The molecule has 0 aromatic rings. The SMILES string of the molecule is CC(C)C(=O)N(CCOC(=O)NS(N)(=O)=O)CCOC(=O)NS(=O)(=O)NC(C)(C)CO. The highest BCUT2D eigenvalue weighted by Gasteiger charge is 2.26. The predicted octanol–water partition coefficient (Wildman–Crippen LogP) is -2.27. The van der Waals surface area contributed by atoms with Gasteiger partial charge >= 0.3 is 32.6 Å². The fraction of sp³-hybridized carbons (Fsp3) is 0.786. The van der Waals surface area contributed by atoms with Crippen molar-refractivity contribution in [2.75, 3.05) is 32.9 Å². The summed E-state index contributed by atoms with van der Waals surface area (Å²) in [5, 5.41) is 13.7. The first-order valence-electron chi connectivity index (χ1n) is 8.83. The number of nitrogens with two attached hydrogens (primary N) is 1. The third-order valence-electron chi connectivity index (χ3n) is 3.24. The molecule has 0 heterocycles. The normalized spacial score (nSPS) is 12.2. The van der Waals surface area contributed by atoms with Gasteiger partial charge in [-0.2, -0.15) is 21.6 Å². The first-order chi connectivity index (χ1) is 14.0. The number of carbonyl (C=O) groups is 3. The Bertz CT molecular complexity index is 842. The van der Waals surface area contributed by atoms with Crippen molar-refractivity contribution in [2.24, 2.45) is 11.1 Å². The van der Waals surface area contributed by atoms with Crippen LogP contribution < -0.4 is 19.3 Å². The zero-order valence-corrected chi connectivity index (χ0v) is 19.2. The highest BCUT2D eigenvalue weighted by Crippen LogP contribution is 2.03. The topological polar surface area (TPSA) is 224 Å². The highest BCUT2D eigenvalue weighted by molar-refractivity contribution is 7.88. The van der Waals surface area contributed by atoms with Crippen molar-refractivity contribution in [2.45, 2.75) is 33.2 Å². The van der Waals surface area contributed by atoms with Crippen molar-refractivity contribution in [3.05, 3.63) is 0 Å². The fourth-order valence-electron chi connectivity index (χ4n) is 1.90. The van der Waals surface area contributed by atoms with E-state index in [9.17, 15) is 31.2 Å². The van der Waals surface area contributed by atoms with Crippen molar-refractivity contribution in [1.82, 2.24) is 19.1 Å². The molecule has 0 aliphatic heterocycles. The lowest BCUT2D eigenvalue weighted by Gasteiger charge is -2.24. The summed E-state index contributed by atoms with van der Waals surface area (Å²) in [6, 6.07) is 0. The van der Waals surface area contributed by atoms with E-state index >= 15 is 0 Å². The molecule has 0 aliphatic rings. The van der Waals surface area contributed by atoms with Crippen molar-refractivity contribution >= 4 is 38.5 Å². The van der Waals surface area contributed by atoms with Crippen LogP contribution in [-0.2, 0) is 34.7 Å². The molecule has 0 saturated heterocycles. The van der Waals surface area contributed by atoms with Crippen LogP contribution in [0.2, 0.25) is 0 Å². The van der Waals surface area contributed by atoms with E-state index in [1.54, 1.807) is 18.6 Å². The number of hydrogen-bond acceptors (Lipinski definition) is 10. The number of aliphatic hydroxyl groups excluding tert-OH is 1. The van der Waals surface area contributed by atoms with Gasteiger partial charge in [-0.05, 0) is 13.8 Å². The molecule has 0 saturated carbocycles. The summed E-state index contributed by atoms with van der Waals surface area (Å²) in [7, 11) is -8.60. The van der Waals surface area contributed by atoms with Crippen LogP contribution in [0.1, 0.15) is 27.7 Å². The summed E-state index contributed by atoms with van der Waals surface area (Å²) in [6.07, 6.45) is -2.65. The molecule has 0 aliphatic carbocycles. The lowest BCUT2D eigenvalue weighted by atomic mass is 10.1. The Labute approximate surface area is 181 Å². The van der Waals surface area contributed by atoms with E-state index in [1.807, 2.05) is 4.72 Å². The average Bonchev–Trinajstić information content (AvgIpc) is 2.56. The second kappa shape index (κ2) is 12.0. The molecule has 0 radical (unpaired) electrons. The smallest absolute Gasteiger partial charge is 0.421 e. The molecule has 0 rings (SSSR count). The lowest BCUT2D eigenvalue weighted by molar-refractivity contribution is -0.135. The number of rotatable bonds is 12. The van der Waals surface area contributed by atoms with Crippen LogP contribution in [0.5, 0.6) is 0 Å². The summed E-state index contributed by atoms with van der Waals surface area (Å²) in [5.74, 6) is -0.851. The number of nitrogens with zero attached hydrogens (tertiary/aromatic N) is 1. The van der Waals surface area contributed by atoms with E-state index in [-0.39, 0.29) is 19.7 Å². The molecule has 3 amide bonds. The molecular weight excluding hydrogens is 462 g/mol. The average molecular weight is 492 g/mol. The quantitative estimate of drug-likeness (QED) is 0.197. The van der Waals surface area contributed by atoms with Gasteiger partial charge < -0.3 is 19.5 Å². The first kappa shape index (κ1) is 28.8. The number of aliphatic hydroxyl groups is 1. The Kier molecular flexibility index (Phi) is 11.1. The van der Waals surface area contributed by atoms with E-state index in [0.717, 1.165) is 0 Å². The molecule has 182 valence electrons. The summed E-state index contributed by atoms with van der Waals surface area (Å²) < 4.78 is 59.4. The van der Waals surface area contributed by atoms with Crippen molar-refractivity contribution in [3.63, 3.8) is 0 Å². The minimum absolute atomic E-state index is 0.162. The van der Waals surface area contributed by atoms with Crippen LogP contribution in [0.4, 0.5) is 9.59 Å². The first-order valence-corrected chi connectivity index (χ1v) is 11.9. The van der Waals surface area contributed by atoms with Gasteiger partial charge in [0.25, 0.3) is 0 Å². The van der Waals surface area contributed by atoms with Gasteiger partial charge in [-0.15, -0.1) is 0 Å². The number of carbonyl (C=O) groups excluding carboxylic acids is 3. The zero-order chi connectivity index (χ0) is 24.5. The molecule has 17 heteroatoms. The van der Waals surface area contributed by atoms with Gasteiger partial charge in [0.1, 0.15) is 13.2 Å². The lowest BCUT2D eigenvalue weighted by Crippen LogP contribution is -2.52. The van der Waals surface area contributed by atoms with Crippen LogP contribution >= 0.6 is 0 Å². The largest absolute Gasteiger partial charge is 0.447 e. The molecule has 0 unspecified atom stereocenters. The molecule has 0 aromatic carbocycles. The van der Waals surface area contributed by atoms with Gasteiger partial charge in [-0.1, -0.05) is 13.8 Å². The van der Waals surface area contributed by atoms with Crippen molar-refractivity contribution < 1.29 is 45.8 Å². The van der Waals surface area contributed by atoms with Gasteiger partial charge in [-0.3, -0.25) is 4.79 Å². The highest BCUT2D eigenvalue weighted by atomic mass is 32.2.